The van der Waals surface area contributed by atoms with Crippen LogP contribution in [0.5, 0.6) is 0 Å². The normalized spacial score (nSPS) is 11.9. The van der Waals surface area contributed by atoms with Crippen molar-refractivity contribution in [3.8, 4) is 5.69 Å². The summed E-state index contributed by atoms with van der Waals surface area (Å²) in [5, 5.41) is 12.6. The average Bonchev–Trinajstić information content (AvgIpc) is 3.75. The summed E-state index contributed by atoms with van der Waals surface area (Å²) >= 11 is 1.88. The standard InChI is InChI=1S/C48H30N2S/c1-2-15-32(16-3-1)49-41-23-10-8-21-39(41)47-42(49)24-13-25-43(47)50(44-26-12-22-38-37-20-9-11-27-46(37)51-48(38)44)45-30-40-33-17-5-4-14-31(33)28-29-35(40)34-18-6-7-19-36(34)45/h1-30H. The van der Waals surface area contributed by atoms with Crippen molar-refractivity contribution in [1.29, 1.82) is 0 Å². The van der Waals surface area contributed by atoms with Crippen molar-refractivity contribution < 1.29 is 0 Å². The van der Waals surface area contributed by atoms with Gasteiger partial charge in [0.25, 0.3) is 0 Å². The molecule has 3 heteroatoms. The Morgan fingerprint density at radius 2 is 1.00 bits per heavy atom. The van der Waals surface area contributed by atoms with Gasteiger partial charge in [-0.25, -0.2) is 0 Å². The molecule has 0 aliphatic heterocycles. The van der Waals surface area contributed by atoms with Gasteiger partial charge in [-0.15, -0.1) is 11.3 Å². The van der Waals surface area contributed by atoms with E-state index in [2.05, 4.69) is 191 Å². The second-order valence-corrected chi connectivity index (χ2v) is 14.3. The van der Waals surface area contributed by atoms with Gasteiger partial charge in [-0.1, -0.05) is 133 Å². The summed E-state index contributed by atoms with van der Waals surface area (Å²) in [5.41, 5.74) is 7.05. The van der Waals surface area contributed by atoms with Gasteiger partial charge in [0.05, 0.1) is 32.8 Å². The molecule has 0 bridgehead atoms. The van der Waals surface area contributed by atoms with Crippen LogP contribution in [-0.2, 0) is 0 Å². The monoisotopic (exact) mass is 666 g/mol. The topological polar surface area (TPSA) is 8.17 Å². The summed E-state index contributed by atoms with van der Waals surface area (Å²) in [4.78, 5) is 2.56. The van der Waals surface area contributed by atoms with E-state index >= 15 is 0 Å². The number of rotatable bonds is 4. The first-order valence-electron chi connectivity index (χ1n) is 17.4. The molecule has 0 unspecified atom stereocenters. The third kappa shape index (κ3) is 4.16. The molecular formula is C48H30N2S. The molecule has 0 aliphatic rings. The van der Waals surface area contributed by atoms with E-state index in [1.807, 2.05) is 11.3 Å². The first kappa shape index (κ1) is 28.4. The number of thiophene rings is 1. The fraction of sp³-hybridized carbons (Fsp3) is 0. The molecule has 0 spiro atoms. The molecule has 0 fully saturated rings. The van der Waals surface area contributed by atoms with Gasteiger partial charge in [0.2, 0.25) is 0 Å². The number of para-hydroxylation sites is 2. The summed E-state index contributed by atoms with van der Waals surface area (Å²) in [6, 6.07) is 66.8. The molecule has 2 aromatic heterocycles. The van der Waals surface area contributed by atoms with Gasteiger partial charge in [0, 0.05) is 37.3 Å². The largest absolute Gasteiger partial charge is 0.309 e. The van der Waals surface area contributed by atoms with Crippen LogP contribution in [0, 0.1) is 0 Å². The highest BCUT2D eigenvalue weighted by Crippen LogP contribution is 2.51. The number of hydrogen-bond donors (Lipinski definition) is 0. The van der Waals surface area contributed by atoms with E-state index in [4.69, 9.17) is 0 Å². The van der Waals surface area contributed by atoms with Crippen LogP contribution in [0.25, 0.3) is 80.0 Å². The summed E-state index contributed by atoms with van der Waals surface area (Å²) in [6.07, 6.45) is 0. The van der Waals surface area contributed by atoms with Gasteiger partial charge in [0.15, 0.2) is 0 Å². The zero-order chi connectivity index (χ0) is 33.5. The molecule has 11 aromatic rings. The molecule has 2 heterocycles. The van der Waals surface area contributed by atoms with Crippen LogP contribution < -0.4 is 4.90 Å². The number of fused-ring (bicyclic) bond motifs is 11. The van der Waals surface area contributed by atoms with Crippen molar-refractivity contribution in [3.63, 3.8) is 0 Å². The molecular weight excluding hydrogens is 637 g/mol. The maximum atomic E-state index is 2.56. The predicted octanol–water partition coefficient (Wildman–Crippen LogP) is 14.1. The molecule has 0 N–H and O–H groups in total. The van der Waals surface area contributed by atoms with E-state index in [-0.39, 0.29) is 0 Å². The minimum atomic E-state index is 1.15. The molecule has 51 heavy (non-hydrogen) atoms. The zero-order valence-electron chi connectivity index (χ0n) is 27.6. The lowest BCUT2D eigenvalue weighted by Crippen LogP contribution is -2.11. The predicted molar refractivity (Wildman–Crippen MR) is 221 cm³/mol. The first-order valence-corrected chi connectivity index (χ1v) is 18.3. The third-order valence-corrected chi connectivity index (χ3v) is 11.8. The summed E-state index contributed by atoms with van der Waals surface area (Å²) < 4.78 is 5.00. The first-order chi connectivity index (χ1) is 25.3. The molecule has 0 amide bonds. The lowest BCUT2D eigenvalue weighted by molar-refractivity contribution is 1.18. The Kier molecular flexibility index (Phi) is 6.16. The van der Waals surface area contributed by atoms with Crippen molar-refractivity contribution in [2.75, 3.05) is 4.90 Å². The number of anilines is 3. The van der Waals surface area contributed by atoms with E-state index in [0.29, 0.717) is 0 Å². The number of hydrogen-bond acceptors (Lipinski definition) is 2. The van der Waals surface area contributed by atoms with E-state index in [1.165, 1.54) is 85.7 Å². The van der Waals surface area contributed by atoms with Gasteiger partial charge in [-0.3, -0.25) is 0 Å². The second-order valence-electron chi connectivity index (χ2n) is 13.3. The Hall–Kier alpha value is -6.42. The second kappa shape index (κ2) is 11.0. The van der Waals surface area contributed by atoms with E-state index in [1.54, 1.807) is 0 Å². The molecule has 238 valence electrons. The maximum absolute atomic E-state index is 2.56. The van der Waals surface area contributed by atoms with Crippen LogP contribution in [0.15, 0.2) is 182 Å². The van der Waals surface area contributed by atoms with Gasteiger partial charge in [-0.2, -0.15) is 0 Å². The fourth-order valence-corrected chi connectivity index (χ4v) is 9.57. The highest BCUT2D eigenvalue weighted by molar-refractivity contribution is 7.26. The van der Waals surface area contributed by atoms with Crippen LogP contribution in [0.3, 0.4) is 0 Å². The van der Waals surface area contributed by atoms with Gasteiger partial charge in [-0.05, 0) is 75.5 Å². The van der Waals surface area contributed by atoms with Crippen LogP contribution in [0.1, 0.15) is 0 Å². The van der Waals surface area contributed by atoms with Crippen molar-refractivity contribution in [1.82, 2.24) is 4.57 Å². The maximum Gasteiger partial charge on any atom is 0.0640 e. The molecule has 0 radical (unpaired) electrons. The SMILES string of the molecule is c1ccc(-n2c3ccccc3c3c(N(c4cc5c6ccccc6ccc5c5ccccc45)c4cccc5c4sc4ccccc45)cccc32)cc1. The number of nitrogens with zero attached hydrogens (tertiary/aromatic N) is 2. The molecule has 2 nitrogen and oxygen atoms in total. The smallest absolute Gasteiger partial charge is 0.0640 e. The summed E-state index contributed by atoms with van der Waals surface area (Å²) in [5.74, 6) is 0. The van der Waals surface area contributed by atoms with Crippen LogP contribution in [-0.4, -0.2) is 4.57 Å². The van der Waals surface area contributed by atoms with Crippen LogP contribution >= 0.6 is 11.3 Å². The highest BCUT2D eigenvalue weighted by Gasteiger charge is 2.25. The van der Waals surface area contributed by atoms with Gasteiger partial charge in [0.1, 0.15) is 0 Å². The minimum Gasteiger partial charge on any atom is -0.309 e. The van der Waals surface area contributed by atoms with Crippen molar-refractivity contribution in [3.05, 3.63) is 182 Å². The molecule has 11 rings (SSSR count). The molecule has 9 aromatic carbocycles. The van der Waals surface area contributed by atoms with E-state index < -0.39 is 0 Å². The lowest BCUT2D eigenvalue weighted by Gasteiger charge is -2.29. The Morgan fingerprint density at radius 3 is 1.88 bits per heavy atom. The Morgan fingerprint density at radius 1 is 0.373 bits per heavy atom. The minimum absolute atomic E-state index is 1.15. The van der Waals surface area contributed by atoms with E-state index in [9.17, 15) is 0 Å². The Bertz CT molecular complexity index is 3150. The Labute approximate surface area is 298 Å². The average molecular weight is 667 g/mol. The molecule has 0 saturated carbocycles. The Balaban J connectivity index is 1.33. The quantitative estimate of drug-likeness (QED) is 0.170. The molecule has 0 aliphatic carbocycles. The van der Waals surface area contributed by atoms with Gasteiger partial charge >= 0.3 is 0 Å². The van der Waals surface area contributed by atoms with Crippen LogP contribution in [0.4, 0.5) is 17.1 Å². The number of aromatic nitrogens is 1. The fourth-order valence-electron chi connectivity index (χ4n) is 8.37. The summed E-state index contributed by atoms with van der Waals surface area (Å²) in [7, 11) is 0. The van der Waals surface area contributed by atoms with Crippen molar-refractivity contribution in [2.24, 2.45) is 0 Å². The van der Waals surface area contributed by atoms with Crippen molar-refractivity contribution >= 4 is 103 Å². The van der Waals surface area contributed by atoms with Crippen LogP contribution in [0.2, 0.25) is 0 Å². The summed E-state index contributed by atoms with van der Waals surface area (Å²) in [6.45, 7) is 0. The molecule has 0 saturated heterocycles. The van der Waals surface area contributed by atoms with E-state index in [0.717, 1.165) is 11.4 Å². The molecule has 0 atom stereocenters. The highest BCUT2D eigenvalue weighted by atomic mass is 32.1. The van der Waals surface area contributed by atoms with Gasteiger partial charge < -0.3 is 9.47 Å². The number of benzene rings is 9. The third-order valence-electron chi connectivity index (χ3n) is 10.5. The lowest BCUT2D eigenvalue weighted by atomic mass is 9.95. The zero-order valence-corrected chi connectivity index (χ0v) is 28.4. The van der Waals surface area contributed by atoms with Crippen molar-refractivity contribution in [2.45, 2.75) is 0 Å².